The van der Waals surface area contributed by atoms with E-state index in [1.54, 1.807) is 0 Å². The van der Waals surface area contributed by atoms with Crippen molar-refractivity contribution in [2.45, 2.75) is 95.9 Å². The molecule has 0 amide bonds. The number of nitrogens with zero attached hydrogens (tertiary/aromatic N) is 1. The number of ether oxygens (including phenoxy) is 3. The highest BCUT2D eigenvalue weighted by atomic mass is 16.9. The van der Waals surface area contributed by atoms with E-state index in [4.69, 9.17) is 19.0 Å². The molecule has 0 radical (unpaired) electrons. The first kappa shape index (κ1) is 18.5. The zero-order valence-corrected chi connectivity index (χ0v) is 15.6. The summed E-state index contributed by atoms with van der Waals surface area (Å²) in [5, 5.41) is 13.2. The van der Waals surface area contributed by atoms with Crippen LogP contribution in [0.25, 0.3) is 0 Å². The molecule has 4 atom stereocenters. The van der Waals surface area contributed by atoms with Gasteiger partial charge in [0, 0.05) is 5.54 Å². The number of fused-ring (bicyclic) bond motifs is 1. The first-order chi connectivity index (χ1) is 11.3. The van der Waals surface area contributed by atoms with Gasteiger partial charge in [-0.25, -0.2) is 0 Å². The number of rotatable bonds is 8. The topological polar surface area (TPSA) is 63.2 Å². The quantitative estimate of drug-likeness (QED) is 0.632. The van der Waals surface area contributed by atoms with Gasteiger partial charge in [0.15, 0.2) is 0 Å². The molecule has 1 aliphatic carbocycles. The molecule has 3 fully saturated rings. The van der Waals surface area contributed by atoms with E-state index in [0.29, 0.717) is 19.1 Å². The maximum absolute atomic E-state index is 12.4. The van der Waals surface area contributed by atoms with Gasteiger partial charge in [-0.15, -0.1) is 0 Å². The molecule has 4 unspecified atom stereocenters. The molecule has 0 aromatic carbocycles. The van der Waals surface area contributed by atoms with Gasteiger partial charge in [-0.1, -0.05) is 13.8 Å². The van der Waals surface area contributed by atoms with Crippen LogP contribution in [0.1, 0.15) is 60.3 Å². The fourth-order valence-corrected chi connectivity index (χ4v) is 3.64. The highest BCUT2D eigenvalue weighted by molar-refractivity contribution is 4.99. The average Bonchev–Trinajstić information content (AvgIpc) is 3.25. The van der Waals surface area contributed by atoms with Gasteiger partial charge in [-0.05, 0) is 52.4 Å². The van der Waals surface area contributed by atoms with Crippen LogP contribution in [-0.4, -0.2) is 54.0 Å². The lowest BCUT2D eigenvalue weighted by Crippen LogP contribution is -2.46. The third kappa shape index (κ3) is 3.50. The molecule has 3 rings (SSSR count). The molecule has 0 bridgehead atoms. The minimum atomic E-state index is -0.513. The molecule has 0 aromatic rings. The Morgan fingerprint density at radius 3 is 2.08 bits per heavy atom. The molecule has 2 heterocycles. The molecule has 2 aliphatic heterocycles. The van der Waals surface area contributed by atoms with Crippen molar-refractivity contribution in [1.29, 1.82) is 0 Å². The van der Waals surface area contributed by atoms with E-state index < -0.39 is 5.54 Å². The molecular formula is C18H32NO5-. The largest absolute Gasteiger partial charge is 0.762 e. The van der Waals surface area contributed by atoms with Crippen LogP contribution in [0.15, 0.2) is 0 Å². The molecule has 2 saturated heterocycles. The molecule has 0 spiro atoms. The monoisotopic (exact) mass is 342 g/mol. The Bertz CT molecular complexity index is 435. The summed E-state index contributed by atoms with van der Waals surface area (Å²) in [5.74, 6) is 0.636. The van der Waals surface area contributed by atoms with Crippen LogP contribution in [0.5, 0.6) is 0 Å². The van der Waals surface area contributed by atoms with E-state index in [9.17, 15) is 5.21 Å². The summed E-state index contributed by atoms with van der Waals surface area (Å²) in [6.07, 6.45) is 3.13. The van der Waals surface area contributed by atoms with Crippen molar-refractivity contribution in [3.63, 3.8) is 0 Å². The Morgan fingerprint density at radius 1 is 1.00 bits per heavy atom. The molecule has 3 aliphatic rings. The summed E-state index contributed by atoms with van der Waals surface area (Å²) < 4.78 is 18.1. The summed E-state index contributed by atoms with van der Waals surface area (Å²) in [4.78, 5) is 5.68. The Hall–Kier alpha value is -0.240. The number of hydrogen-bond acceptors (Lipinski definition) is 6. The zero-order chi connectivity index (χ0) is 17.5. The van der Waals surface area contributed by atoms with E-state index in [2.05, 4.69) is 13.8 Å². The maximum atomic E-state index is 12.4. The molecule has 6 nitrogen and oxygen atoms in total. The lowest BCUT2D eigenvalue weighted by atomic mass is 9.97. The molecule has 0 aromatic heterocycles. The Labute approximate surface area is 145 Å². The van der Waals surface area contributed by atoms with Crippen molar-refractivity contribution in [2.75, 3.05) is 13.2 Å². The third-order valence-corrected chi connectivity index (χ3v) is 6.17. The lowest BCUT2D eigenvalue weighted by molar-refractivity contribution is -0.234. The summed E-state index contributed by atoms with van der Waals surface area (Å²) in [5.41, 5.74) is -0.653. The number of hydrogen-bond donors (Lipinski definition) is 0. The van der Waals surface area contributed by atoms with E-state index in [0.717, 1.165) is 18.1 Å². The predicted octanol–water partition coefficient (Wildman–Crippen LogP) is 3.04. The Kier molecular flexibility index (Phi) is 5.27. The van der Waals surface area contributed by atoms with E-state index in [-0.39, 0.29) is 30.0 Å². The van der Waals surface area contributed by atoms with Gasteiger partial charge in [0.2, 0.25) is 0 Å². The van der Waals surface area contributed by atoms with Crippen LogP contribution in [0, 0.1) is 11.1 Å². The fourth-order valence-electron chi connectivity index (χ4n) is 3.64. The summed E-state index contributed by atoms with van der Waals surface area (Å²) in [6.45, 7) is 11.1. The highest BCUT2D eigenvalue weighted by Crippen LogP contribution is 2.44. The van der Waals surface area contributed by atoms with Crippen molar-refractivity contribution in [2.24, 2.45) is 5.92 Å². The summed E-state index contributed by atoms with van der Waals surface area (Å²) in [6, 6.07) is 0. The molecule has 24 heavy (non-hydrogen) atoms. The van der Waals surface area contributed by atoms with Crippen LogP contribution in [0.3, 0.4) is 0 Å². The van der Waals surface area contributed by atoms with Crippen molar-refractivity contribution < 1.29 is 19.0 Å². The van der Waals surface area contributed by atoms with Gasteiger partial charge in [0.1, 0.15) is 24.4 Å². The maximum Gasteiger partial charge on any atom is 0.130 e. The fraction of sp³-hybridized carbons (Fsp3) is 1.00. The first-order valence-corrected chi connectivity index (χ1v) is 9.36. The van der Waals surface area contributed by atoms with Crippen molar-refractivity contribution >= 4 is 0 Å². The van der Waals surface area contributed by atoms with Crippen LogP contribution in [-0.2, 0) is 19.0 Å². The van der Waals surface area contributed by atoms with Crippen molar-refractivity contribution in [1.82, 2.24) is 5.23 Å². The molecule has 6 heteroatoms. The summed E-state index contributed by atoms with van der Waals surface area (Å²) in [7, 11) is 0. The Morgan fingerprint density at radius 2 is 1.54 bits per heavy atom. The summed E-state index contributed by atoms with van der Waals surface area (Å²) >= 11 is 0. The second kappa shape index (κ2) is 6.82. The second-order valence-electron chi connectivity index (χ2n) is 8.23. The zero-order valence-electron chi connectivity index (χ0n) is 15.6. The van der Waals surface area contributed by atoms with Gasteiger partial charge in [-0.2, -0.15) is 0 Å². The van der Waals surface area contributed by atoms with Crippen LogP contribution in [0.2, 0.25) is 0 Å². The third-order valence-electron chi connectivity index (χ3n) is 6.17. The minimum Gasteiger partial charge on any atom is -0.762 e. The van der Waals surface area contributed by atoms with Gasteiger partial charge >= 0.3 is 0 Å². The Balaban J connectivity index is 1.57. The van der Waals surface area contributed by atoms with Gasteiger partial charge in [-0.3, -0.25) is 5.23 Å². The second-order valence-corrected chi connectivity index (χ2v) is 8.23. The van der Waals surface area contributed by atoms with Gasteiger partial charge < -0.3 is 24.3 Å². The van der Waals surface area contributed by atoms with Crippen molar-refractivity contribution in [3.8, 4) is 0 Å². The highest BCUT2D eigenvalue weighted by Gasteiger charge is 2.52. The molecule has 1 saturated carbocycles. The minimum absolute atomic E-state index is 0.0805. The van der Waals surface area contributed by atoms with E-state index >= 15 is 0 Å². The van der Waals surface area contributed by atoms with Crippen molar-refractivity contribution in [3.05, 3.63) is 5.21 Å². The standard InChI is InChI=1S/C18H32NO5/c1-6-18(5,7-2)19(20)24-14-11-22-15-13(10-21-16(14)15)23-17(3,4)12-8-9-12/h12-16H,6-11H2,1-5H3/q-1. The van der Waals surface area contributed by atoms with Crippen LogP contribution in [0.4, 0.5) is 0 Å². The first-order valence-electron chi connectivity index (χ1n) is 9.36. The normalized spacial score (nSPS) is 34.1. The van der Waals surface area contributed by atoms with Gasteiger partial charge in [0.25, 0.3) is 0 Å². The van der Waals surface area contributed by atoms with Crippen LogP contribution >= 0.6 is 0 Å². The molecule has 140 valence electrons. The average molecular weight is 342 g/mol. The predicted molar refractivity (Wildman–Crippen MR) is 90.2 cm³/mol. The molecular weight excluding hydrogens is 310 g/mol. The van der Waals surface area contributed by atoms with Gasteiger partial charge in [0.05, 0.1) is 18.8 Å². The lowest BCUT2D eigenvalue weighted by Gasteiger charge is -2.45. The SMILES string of the molecule is CCC(C)(CC)N([O-])OC1COC2C(OC(C)(C)C3CC3)COC12. The van der Waals surface area contributed by atoms with E-state index in [1.807, 2.05) is 20.8 Å². The number of hydroxylamine groups is 2. The smallest absolute Gasteiger partial charge is 0.130 e. The van der Waals surface area contributed by atoms with E-state index in [1.165, 1.54) is 12.8 Å². The molecule has 0 N–H and O–H groups in total. The van der Waals surface area contributed by atoms with Crippen LogP contribution < -0.4 is 0 Å².